The predicted octanol–water partition coefficient (Wildman–Crippen LogP) is 3.90. The molecule has 21 heavy (non-hydrogen) atoms. The smallest absolute Gasteiger partial charge is 0.234 e. The fourth-order valence-electron chi connectivity index (χ4n) is 1.82. The van der Waals surface area contributed by atoms with Crippen molar-refractivity contribution in [1.82, 2.24) is 5.32 Å². The number of carbonyl (C=O) groups is 1. The molecule has 2 aromatic carbocycles. The van der Waals surface area contributed by atoms with Gasteiger partial charge in [0.05, 0.1) is 5.75 Å². The summed E-state index contributed by atoms with van der Waals surface area (Å²) in [6.07, 6.45) is 0. The Bertz CT molecular complexity index is 601. The molecule has 0 fully saturated rings. The van der Waals surface area contributed by atoms with E-state index >= 15 is 0 Å². The molecule has 0 saturated carbocycles. The second-order valence-electron chi connectivity index (χ2n) is 4.52. The van der Waals surface area contributed by atoms with Gasteiger partial charge in [0.2, 0.25) is 5.91 Å². The third kappa shape index (κ3) is 5.53. The van der Waals surface area contributed by atoms with Crippen LogP contribution in [0.3, 0.4) is 0 Å². The van der Waals surface area contributed by atoms with E-state index in [4.69, 9.17) is 0 Å². The minimum Gasteiger partial charge on any atom is -0.325 e. The van der Waals surface area contributed by atoms with Gasteiger partial charge in [-0.3, -0.25) is 4.79 Å². The van der Waals surface area contributed by atoms with Crippen molar-refractivity contribution >= 4 is 39.3 Å². The first-order valence-electron chi connectivity index (χ1n) is 6.59. The van der Waals surface area contributed by atoms with Crippen LogP contribution in [0.25, 0.3) is 0 Å². The van der Waals surface area contributed by atoms with Gasteiger partial charge in [0.25, 0.3) is 0 Å². The van der Waals surface area contributed by atoms with Crippen LogP contribution < -0.4 is 10.6 Å². The summed E-state index contributed by atoms with van der Waals surface area (Å²) in [5, 5.41) is 6.00. The molecular weight excluding hydrogens is 348 g/mol. The Hall–Kier alpha value is -1.30. The Balaban J connectivity index is 1.83. The Morgan fingerprint density at radius 2 is 1.95 bits per heavy atom. The number of hydrogen-bond donors (Lipinski definition) is 2. The van der Waals surface area contributed by atoms with Gasteiger partial charge < -0.3 is 10.6 Å². The van der Waals surface area contributed by atoms with Crippen molar-refractivity contribution < 1.29 is 4.79 Å². The van der Waals surface area contributed by atoms with Gasteiger partial charge in [0.15, 0.2) is 0 Å². The Labute approximate surface area is 137 Å². The van der Waals surface area contributed by atoms with Gasteiger partial charge in [-0.2, -0.15) is 0 Å². The molecule has 0 aliphatic heterocycles. The predicted molar refractivity (Wildman–Crippen MR) is 92.7 cm³/mol. The number of hydrogen-bond acceptors (Lipinski definition) is 3. The maximum atomic E-state index is 11.9. The number of nitrogens with one attached hydrogen (secondary N) is 2. The van der Waals surface area contributed by atoms with Crippen molar-refractivity contribution in [3.8, 4) is 0 Å². The van der Waals surface area contributed by atoms with Crippen LogP contribution in [0.15, 0.2) is 57.9 Å². The van der Waals surface area contributed by atoms with Crippen LogP contribution in [0.5, 0.6) is 0 Å². The van der Waals surface area contributed by atoms with Gasteiger partial charge in [-0.1, -0.05) is 34.1 Å². The maximum Gasteiger partial charge on any atom is 0.234 e. The van der Waals surface area contributed by atoms with Crippen LogP contribution in [0.1, 0.15) is 5.56 Å². The average Bonchev–Trinajstić information content (AvgIpc) is 2.47. The number of thioether (sulfide) groups is 1. The van der Waals surface area contributed by atoms with Gasteiger partial charge in [0.1, 0.15) is 0 Å². The second kappa shape index (κ2) is 8.22. The minimum atomic E-state index is -0.00241. The van der Waals surface area contributed by atoms with Crippen molar-refractivity contribution in [2.24, 2.45) is 0 Å². The fraction of sp³-hybridized carbons (Fsp3) is 0.188. The minimum absolute atomic E-state index is 0.00241. The van der Waals surface area contributed by atoms with E-state index in [1.54, 1.807) is 0 Å². The maximum absolute atomic E-state index is 11.9. The molecule has 5 heteroatoms. The molecule has 0 aromatic heterocycles. The Morgan fingerprint density at radius 3 is 2.62 bits per heavy atom. The Morgan fingerprint density at radius 1 is 1.19 bits per heavy atom. The molecule has 110 valence electrons. The third-order valence-electron chi connectivity index (χ3n) is 2.78. The summed E-state index contributed by atoms with van der Waals surface area (Å²) in [6.45, 7) is 0.855. The normalized spacial score (nSPS) is 10.4. The zero-order chi connectivity index (χ0) is 15.1. The number of amides is 1. The molecule has 0 radical (unpaired) electrons. The summed E-state index contributed by atoms with van der Waals surface area (Å²) in [6, 6.07) is 15.8. The number of carbonyl (C=O) groups excluding carboxylic acids is 1. The second-order valence-corrected chi connectivity index (χ2v) is 6.49. The zero-order valence-corrected chi connectivity index (χ0v) is 14.1. The lowest BCUT2D eigenvalue weighted by Gasteiger charge is -2.06. The summed E-state index contributed by atoms with van der Waals surface area (Å²) < 4.78 is 0.952. The van der Waals surface area contributed by atoms with Crippen LogP contribution in [0, 0.1) is 0 Å². The molecular formula is C16H17BrN2OS. The van der Waals surface area contributed by atoms with Crippen molar-refractivity contribution in [3.63, 3.8) is 0 Å². The highest BCUT2D eigenvalue weighted by Gasteiger charge is 2.04. The summed E-state index contributed by atoms with van der Waals surface area (Å²) in [4.78, 5) is 13.0. The van der Waals surface area contributed by atoms with Crippen LogP contribution >= 0.6 is 27.7 Å². The van der Waals surface area contributed by atoms with Gasteiger partial charge >= 0.3 is 0 Å². The molecule has 0 atom stereocenters. The van der Waals surface area contributed by atoms with Crippen molar-refractivity contribution in [1.29, 1.82) is 0 Å². The van der Waals surface area contributed by atoms with Gasteiger partial charge in [0, 0.05) is 21.6 Å². The van der Waals surface area contributed by atoms with E-state index < -0.39 is 0 Å². The average molecular weight is 365 g/mol. The van der Waals surface area contributed by atoms with E-state index in [-0.39, 0.29) is 5.91 Å². The highest BCUT2D eigenvalue weighted by atomic mass is 79.9. The standard InChI is InChI=1S/C16H17BrN2OS/c1-18-10-12-5-7-15(8-6-12)21-11-16(20)19-14-4-2-3-13(17)9-14/h2-9,18H,10-11H2,1H3,(H,19,20). The molecule has 0 aliphatic rings. The zero-order valence-electron chi connectivity index (χ0n) is 11.7. The molecule has 0 unspecified atom stereocenters. The first kappa shape index (κ1) is 16.1. The van der Waals surface area contributed by atoms with E-state index in [0.717, 1.165) is 21.6 Å². The number of anilines is 1. The number of benzene rings is 2. The molecule has 2 aromatic rings. The molecule has 0 aliphatic carbocycles. The highest BCUT2D eigenvalue weighted by Crippen LogP contribution is 2.20. The van der Waals surface area contributed by atoms with Gasteiger partial charge in [-0.15, -0.1) is 11.8 Å². The van der Waals surface area contributed by atoms with E-state index in [0.29, 0.717) is 5.75 Å². The first-order chi connectivity index (χ1) is 10.2. The third-order valence-corrected chi connectivity index (χ3v) is 4.29. The molecule has 1 amide bonds. The molecule has 2 rings (SSSR count). The van der Waals surface area contributed by atoms with Crippen molar-refractivity contribution in [2.45, 2.75) is 11.4 Å². The summed E-state index contributed by atoms with van der Waals surface area (Å²) in [5.74, 6) is 0.398. The monoisotopic (exact) mass is 364 g/mol. The molecule has 2 N–H and O–H groups in total. The summed E-state index contributed by atoms with van der Waals surface area (Å²) in [5.41, 5.74) is 2.04. The summed E-state index contributed by atoms with van der Waals surface area (Å²) >= 11 is 4.92. The largest absolute Gasteiger partial charge is 0.325 e. The van der Waals surface area contributed by atoms with E-state index in [1.807, 2.05) is 43.4 Å². The van der Waals surface area contributed by atoms with E-state index in [9.17, 15) is 4.79 Å². The van der Waals surface area contributed by atoms with Crippen molar-refractivity contribution in [2.75, 3.05) is 18.1 Å². The molecule has 0 heterocycles. The van der Waals surface area contributed by atoms with Crippen LogP contribution in [0.4, 0.5) is 5.69 Å². The first-order valence-corrected chi connectivity index (χ1v) is 8.37. The number of rotatable bonds is 6. The van der Waals surface area contributed by atoms with Crippen LogP contribution in [0.2, 0.25) is 0 Å². The van der Waals surface area contributed by atoms with E-state index in [1.165, 1.54) is 17.3 Å². The lowest BCUT2D eigenvalue weighted by atomic mass is 10.2. The van der Waals surface area contributed by atoms with Gasteiger partial charge in [-0.05, 0) is 42.9 Å². The topological polar surface area (TPSA) is 41.1 Å². The Kier molecular flexibility index (Phi) is 6.29. The molecule has 0 spiro atoms. The fourth-order valence-corrected chi connectivity index (χ4v) is 2.92. The SMILES string of the molecule is CNCc1ccc(SCC(=O)Nc2cccc(Br)c2)cc1. The highest BCUT2D eigenvalue weighted by molar-refractivity contribution is 9.10. The quantitative estimate of drug-likeness (QED) is 0.763. The number of halogens is 1. The molecule has 3 nitrogen and oxygen atoms in total. The van der Waals surface area contributed by atoms with Gasteiger partial charge in [-0.25, -0.2) is 0 Å². The van der Waals surface area contributed by atoms with Crippen LogP contribution in [-0.2, 0) is 11.3 Å². The molecule has 0 saturated heterocycles. The van der Waals surface area contributed by atoms with E-state index in [2.05, 4.69) is 38.7 Å². The molecule has 0 bridgehead atoms. The lowest BCUT2D eigenvalue weighted by molar-refractivity contribution is -0.113. The summed E-state index contributed by atoms with van der Waals surface area (Å²) in [7, 11) is 1.93. The lowest BCUT2D eigenvalue weighted by Crippen LogP contribution is -2.13. The van der Waals surface area contributed by atoms with Crippen LogP contribution in [-0.4, -0.2) is 18.7 Å². The van der Waals surface area contributed by atoms with Crippen molar-refractivity contribution in [3.05, 3.63) is 58.6 Å².